The first-order chi connectivity index (χ1) is 9.68. The van der Waals surface area contributed by atoms with Crippen molar-refractivity contribution in [3.63, 3.8) is 0 Å². The van der Waals surface area contributed by atoms with Crippen molar-refractivity contribution in [2.45, 2.75) is 60.9 Å². The van der Waals surface area contributed by atoms with Crippen LogP contribution in [-0.2, 0) is 0 Å². The van der Waals surface area contributed by atoms with Crippen molar-refractivity contribution in [2.24, 2.45) is 11.3 Å². The van der Waals surface area contributed by atoms with Crippen LogP contribution in [0.5, 0.6) is 0 Å². The SMILES string of the molecule is C=C(C)/C=C\C(C)/C=C(/C)C(C)(CC)C(C)N(C)/C=C\C. The Morgan fingerprint density at radius 2 is 1.86 bits per heavy atom. The summed E-state index contributed by atoms with van der Waals surface area (Å²) in [6.45, 7) is 19.5. The van der Waals surface area contributed by atoms with E-state index >= 15 is 0 Å². The summed E-state index contributed by atoms with van der Waals surface area (Å²) in [4.78, 5) is 2.31. The minimum atomic E-state index is 0.180. The second-order valence-electron chi connectivity index (χ2n) is 6.51. The van der Waals surface area contributed by atoms with Crippen LogP contribution in [0, 0.1) is 11.3 Å². The van der Waals surface area contributed by atoms with Crippen molar-refractivity contribution < 1.29 is 0 Å². The standard InChI is InChI=1S/C20H35N/c1-10-14-21(9)19(7)20(8,11-2)18(6)15-17(5)13-12-16(3)4/h10,12-15,17,19H,3,11H2,1-2,4-9H3/b13-12-,14-10-,18-15-. The van der Waals surface area contributed by atoms with E-state index in [1.165, 1.54) is 5.57 Å². The average molecular weight is 290 g/mol. The van der Waals surface area contributed by atoms with Crippen molar-refractivity contribution in [3.8, 4) is 0 Å². The highest BCUT2D eigenvalue weighted by atomic mass is 15.1. The summed E-state index contributed by atoms with van der Waals surface area (Å²) in [5.74, 6) is 0.437. The summed E-state index contributed by atoms with van der Waals surface area (Å²) in [6.07, 6.45) is 12.1. The molecule has 3 atom stereocenters. The third-order valence-electron chi connectivity index (χ3n) is 4.75. The van der Waals surface area contributed by atoms with Gasteiger partial charge in [-0.25, -0.2) is 0 Å². The lowest BCUT2D eigenvalue weighted by molar-refractivity contribution is 0.180. The van der Waals surface area contributed by atoms with E-state index in [2.05, 4.69) is 90.6 Å². The van der Waals surface area contributed by atoms with Crippen LogP contribution in [0.25, 0.3) is 0 Å². The number of nitrogens with zero attached hydrogens (tertiary/aromatic N) is 1. The van der Waals surface area contributed by atoms with E-state index in [1.807, 2.05) is 6.92 Å². The Balaban J connectivity index is 5.26. The molecule has 0 saturated heterocycles. The van der Waals surface area contributed by atoms with Gasteiger partial charge in [-0.05, 0) is 46.2 Å². The summed E-state index contributed by atoms with van der Waals surface area (Å²) < 4.78 is 0. The maximum atomic E-state index is 3.92. The first-order valence-corrected chi connectivity index (χ1v) is 8.06. The van der Waals surface area contributed by atoms with Gasteiger partial charge >= 0.3 is 0 Å². The minimum Gasteiger partial charge on any atom is -0.377 e. The van der Waals surface area contributed by atoms with Crippen molar-refractivity contribution in [2.75, 3.05) is 7.05 Å². The first-order valence-electron chi connectivity index (χ1n) is 8.06. The highest BCUT2D eigenvalue weighted by Crippen LogP contribution is 2.37. The van der Waals surface area contributed by atoms with E-state index in [4.69, 9.17) is 0 Å². The van der Waals surface area contributed by atoms with Gasteiger partial charge in [-0.2, -0.15) is 0 Å². The van der Waals surface area contributed by atoms with Crippen LogP contribution in [0.1, 0.15) is 54.9 Å². The molecule has 120 valence electrons. The molecule has 0 N–H and O–H groups in total. The predicted molar refractivity (Wildman–Crippen MR) is 97.3 cm³/mol. The summed E-state index contributed by atoms with van der Waals surface area (Å²) in [7, 11) is 2.16. The van der Waals surface area contributed by atoms with Crippen LogP contribution >= 0.6 is 0 Å². The van der Waals surface area contributed by atoms with Crippen LogP contribution in [-0.4, -0.2) is 18.0 Å². The van der Waals surface area contributed by atoms with Crippen LogP contribution < -0.4 is 0 Å². The van der Waals surface area contributed by atoms with Crippen LogP contribution in [0.2, 0.25) is 0 Å². The fourth-order valence-electron chi connectivity index (χ4n) is 2.67. The van der Waals surface area contributed by atoms with Crippen molar-refractivity contribution in [1.82, 2.24) is 4.90 Å². The Labute approximate surface area is 133 Å². The molecule has 0 radical (unpaired) electrons. The average Bonchev–Trinajstić information content (AvgIpc) is 2.43. The van der Waals surface area contributed by atoms with Gasteiger partial charge in [0.25, 0.3) is 0 Å². The zero-order valence-electron chi connectivity index (χ0n) is 15.4. The fraction of sp³-hybridized carbons (Fsp3) is 0.600. The molecule has 1 nitrogen and oxygen atoms in total. The van der Waals surface area contributed by atoms with E-state index in [-0.39, 0.29) is 5.41 Å². The second-order valence-corrected chi connectivity index (χ2v) is 6.51. The third-order valence-corrected chi connectivity index (χ3v) is 4.75. The summed E-state index contributed by atoms with van der Waals surface area (Å²) in [5.41, 5.74) is 2.75. The maximum Gasteiger partial charge on any atom is 0.0343 e. The number of rotatable bonds is 8. The molecule has 0 heterocycles. The second kappa shape index (κ2) is 8.92. The number of hydrogen-bond acceptors (Lipinski definition) is 1. The molecule has 0 amide bonds. The smallest absolute Gasteiger partial charge is 0.0343 e. The predicted octanol–water partition coefficient (Wildman–Crippen LogP) is 5.97. The van der Waals surface area contributed by atoms with Gasteiger partial charge in [-0.3, -0.25) is 0 Å². The van der Waals surface area contributed by atoms with Gasteiger partial charge in [-0.1, -0.05) is 62.8 Å². The Bertz CT molecular complexity index is 414. The normalized spacial score (nSPS) is 18.8. The van der Waals surface area contributed by atoms with Gasteiger partial charge in [0.2, 0.25) is 0 Å². The van der Waals surface area contributed by atoms with E-state index in [9.17, 15) is 0 Å². The van der Waals surface area contributed by atoms with Crippen LogP contribution in [0.3, 0.4) is 0 Å². The molecule has 0 aliphatic rings. The van der Waals surface area contributed by atoms with E-state index in [0.717, 1.165) is 12.0 Å². The van der Waals surface area contributed by atoms with Gasteiger partial charge in [0, 0.05) is 18.5 Å². The van der Waals surface area contributed by atoms with Crippen LogP contribution in [0.4, 0.5) is 0 Å². The quantitative estimate of drug-likeness (QED) is 0.393. The Hall–Kier alpha value is -1.24. The third kappa shape index (κ3) is 5.95. The molecule has 0 spiro atoms. The van der Waals surface area contributed by atoms with Crippen molar-refractivity contribution in [1.29, 1.82) is 0 Å². The molecule has 0 aromatic rings. The Kier molecular flexibility index (Phi) is 8.39. The molecule has 3 unspecified atom stereocenters. The topological polar surface area (TPSA) is 3.24 Å². The molecule has 0 aliphatic heterocycles. The van der Waals surface area contributed by atoms with Gasteiger partial charge < -0.3 is 4.90 Å². The van der Waals surface area contributed by atoms with E-state index < -0.39 is 0 Å². The molecule has 0 bridgehead atoms. The largest absolute Gasteiger partial charge is 0.377 e. The van der Waals surface area contributed by atoms with Crippen molar-refractivity contribution >= 4 is 0 Å². The zero-order valence-corrected chi connectivity index (χ0v) is 15.4. The highest BCUT2D eigenvalue weighted by molar-refractivity contribution is 5.20. The molecule has 21 heavy (non-hydrogen) atoms. The Morgan fingerprint density at radius 1 is 1.29 bits per heavy atom. The number of allylic oxidation sites excluding steroid dienone is 5. The summed E-state index contributed by atoms with van der Waals surface area (Å²) >= 11 is 0. The molecule has 1 heteroatoms. The summed E-state index contributed by atoms with van der Waals surface area (Å²) in [6, 6.07) is 0.465. The van der Waals surface area contributed by atoms with Gasteiger partial charge in [0.15, 0.2) is 0 Å². The minimum absolute atomic E-state index is 0.180. The maximum absolute atomic E-state index is 3.92. The zero-order chi connectivity index (χ0) is 16.6. The first kappa shape index (κ1) is 19.8. The molecular formula is C20H35N. The van der Waals surface area contributed by atoms with Gasteiger partial charge in [0.05, 0.1) is 0 Å². The molecule has 0 rings (SSSR count). The Morgan fingerprint density at radius 3 is 2.29 bits per heavy atom. The van der Waals surface area contributed by atoms with Crippen molar-refractivity contribution in [3.05, 3.63) is 48.2 Å². The van der Waals surface area contributed by atoms with Gasteiger partial charge in [-0.15, -0.1) is 0 Å². The molecule has 0 aliphatic carbocycles. The molecule has 0 aromatic heterocycles. The number of hydrogen-bond donors (Lipinski definition) is 0. The van der Waals surface area contributed by atoms with E-state index in [0.29, 0.717) is 12.0 Å². The molecular weight excluding hydrogens is 254 g/mol. The monoisotopic (exact) mass is 289 g/mol. The summed E-state index contributed by atoms with van der Waals surface area (Å²) in [5, 5.41) is 0. The lowest BCUT2D eigenvalue weighted by Gasteiger charge is -2.41. The lowest BCUT2D eigenvalue weighted by Crippen LogP contribution is -2.40. The lowest BCUT2D eigenvalue weighted by atomic mass is 9.73. The molecule has 0 aromatic carbocycles. The highest BCUT2D eigenvalue weighted by Gasteiger charge is 2.32. The van der Waals surface area contributed by atoms with E-state index in [1.54, 1.807) is 0 Å². The molecule has 0 saturated carbocycles. The molecule has 0 fully saturated rings. The fourth-order valence-corrected chi connectivity index (χ4v) is 2.67. The van der Waals surface area contributed by atoms with Gasteiger partial charge in [0.1, 0.15) is 0 Å². The van der Waals surface area contributed by atoms with Crippen LogP contribution in [0.15, 0.2) is 48.2 Å².